The average Bonchev–Trinajstić information content (AvgIpc) is 3.42. The Balaban J connectivity index is 1.62. The Kier molecular flexibility index (Phi) is 5.71. The zero-order valence-corrected chi connectivity index (χ0v) is 15.1. The molecule has 5 nitrogen and oxygen atoms in total. The number of carbonyl (C=O) groups is 2. The third-order valence-electron chi connectivity index (χ3n) is 3.67. The van der Waals surface area contributed by atoms with Gasteiger partial charge in [0.05, 0.1) is 0 Å². The lowest BCUT2D eigenvalue weighted by Gasteiger charge is -2.18. The highest BCUT2D eigenvalue weighted by atomic mass is 79.9. The molecule has 0 aliphatic heterocycles. The zero-order valence-electron chi connectivity index (χ0n) is 13.5. The van der Waals surface area contributed by atoms with Crippen LogP contribution < -0.4 is 10.1 Å². The normalized spacial score (nSPS) is 14.4. The largest absolute Gasteiger partial charge is 0.482 e. The van der Waals surface area contributed by atoms with Crippen LogP contribution in [0.1, 0.15) is 24.5 Å². The molecule has 1 aliphatic rings. The Labute approximate surface area is 154 Å². The van der Waals surface area contributed by atoms with Crippen molar-refractivity contribution >= 4 is 27.8 Å². The minimum atomic E-state index is -0.972. The third-order valence-corrected chi connectivity index (χ3v) is 4.16. The Morgan fingerprint density at radius 3 is 2.56 bits per heavy atom. The van der Waals surface area contributed by atoms with Crippen molar-refractivity contribution in [1.82, 2.24) is 5.32 Å². The van der Waals surface area contributed by atoms with Crippen molar-refractivity contribution in [2.24, 2.45) is 0 Å². The van der Waals surface area contributed by atoms with Crippen molar-refractivity contribution in [2.45, 2.75) is 25.0 Å². The topological polar surface area (TPSA) is 64.6 Å². The highest BCUT2D eigenvalue weighted by Gasteiger charge is 2.30. The average molecular weight is 404 g/mol. The molecule has 1 fully saturated rings. The van der Waals surface area contributed by atoms with E-state index in [9.17, 15) is 9.59 Å². The minimum absolute atomic E-state index is 0.190. The van der Waals surface area contributed by atoms with Crippen LogP contribution in [0.3, 0.4) is 0 Å². The molecule has 6 heteroatoms. The molecule has 1 amide bonds. The molecule has 1 N–H and O–H groups in total. The van der Waals surface area contributed by atoms with Gasteiger partial charge < -0.3 is 14.8 Å². The molecule has 2 aromatic rings. The predicted octanol–water partition coefficient (Wildman–Crippen LogP) is 3.39. The standard InChI is InChI=1S/C19H18BrNO4/c20-14-7-4-8-16(11-14)24-12-17(22)25-18(13-5-2-1-3-6-13)19(23)21-15-9-10-15/h1-8,11,15,18H,9-10,12H2,(H,21,23)/t18-/m1/s1. The quantitative estimate of drug-likeness (QED) is 0.719. The van der Waals surface area contributed by atoms with Crippen LogP contribution in [-0.2, 0) is 14.3 Å². The summed E-state index contributed by atoms with van der Waals surface area (Å²) in [6.45, 7) is -0.267. The first kappa shape index (κ1) is 17.5. The summed E-state index contributed by atoms with van der Waals surface area (Å²) in [6, 6.07) is 16.3. The first-order valence-corrected chi connectivity index (χ1v) is 8.84. The van der Waals surface area contributed by atoms with Gasteiger partial charge in [0.2, 0.25) is 6.10 Å². The van der Waals surface area contributed by atoms with E-state index < -0.39 is 12.1 Å². The number of rotatable bonds is 7. The second-order valence-corrected chi connectivity index (χ2v) is 6.73. The summed E-state index contributed by atoms with van der Waals surface area (Å²) < 4.78 is 11.7. The fourth-order valence-electron chi connectivity index (χ4n) is 2.27. The molecule has 1 aliphatic carbocycles. The number of hydrogen-bond acceptors (Lipinski definition) is 4. The van der Waals surface area contributed by atoms with Crippen molar-refractivity contribution in [2.75, 3.05) is 6.61 Å². The molecule has 25 heavy (non-hydrogen) atoms. The molecule has 0 radical (unpaired) electrons. The van der Waals surface area contributed by atoms with Crippen molar-refractivity contribution in [3.05, 3.63) is 64.6 Å². The molecule has 3 rings (SSSR count). The van der Waals surface area contributed by atoms with E-state index in [2.05, 4.69) is 21.2 Å². The first-order valence-electron chi connectivity index (χ1n) is 8.05. The molecule has 0 saturated heterocycles. The maximum Gasteiger partial charge on any atom is 0.345 e. The van der Waals surface area contributed by atoms with Gasteiger partial charge in [0, 0.05) is 16.1 Å². The third kappa shape index (κ3) is 5.32. The Morgan fingerprint density at radius 2 is 1.88 bits per heavy atom. The number of ether oxygens (including phenoxy) is 2. The number of hydrogen-bond donors (Lipinski definition) is 1. The molecular weight excluding hydrogens is 386 g/mol. The molecule has 2 aromatic carbocycles. The van der Waals surface area contributed by atoms with E-state index in [1.807, 2.05) is 12.1 Å². The van der Waals surface area contributed by atoms with Gasteiger partial charge in [-0.2, -0.15) is 0 Å². The van der Waals surface area contributed by atoms with E-state index >= 15 is 0 Å². The van der Waals surface area contributed by atoms with Crippen LogP contribution in [0.2, 0.25) is 0 Å². The van der Waals surface area contributed by atoms with Crippen LogP contribution in [0.15, 0.2) is 59.1 Å². The van der Waals surface area contributed by atoms with Gasteiger partial charge in [-0.25, -0.2) is 4.79 Å². The van der Waals surface area contributed by atoms with Crippen LogP contribution in [0.4, 0.5) is 0 Å². The Bertz CT molecular complexity index is 746. The predicted molar refractivity (Wildman–Crippen MR) is 96.1 cm³/mol. The van der Waals surface area contributed by atoms with Crippen LogP contribution in [0.5, 0.6) is 5.75 Å². The zero-order chi connectivity index (χ0) is 17.6. The second-order valence-electron chi connectivity index (χ2n) is 5.81. The first-order chi connectivity index (χ1) is 12.1. The molecule has 130 valence electrons. The number of esters is 1. The summed E-state index contributed by atoms with van der Waals surface area (Å²) in [4.78, 5) is 24.6. The van der Waals surface area contributed by atoms with Crippen molar-refractivity contribution < 1.29 is 19.1 Å². The van der Waals surface area contributed by atoms with Crippen molar-refractivity contribution in [3.63, 3.8) is 0 Å². The minimum Gasteiger partial charge on any atom is -0.482 e. The monoisotopic (exact) mass is 403 g/mol. The van der Waals surface area contributed by atoms with E-state index in [0.29, 0.717) is 11.3 Å². The van der Waals surface area contributed by atoms with Gasteiger partial charge in [0.15, 0.2) is 6.61 Å². The molecule has 0 spiro atoms. The fraction of sp³-hybridized carbons (Fsp3) is 0.263. The van der Waals surface area contributed by atoms with E-state index in [1.165, 1.54) is 0 Å². The molecule has 0 aromatic heterocycles. The summed E-state index contributed by atoms with van der Waals surface area (Å²) in [5.74, 6) is -0.353. The summed E-state index contributed by atoms with van der Waals surface area (Å²) in [7, 11) is 0. The lowest BCUT2D eigenvalue weighted by molar-refractivity contribution is -0.158. The van der Waals surface area contributed by atoms with Crippen LogP contribution in [-0.4, -0.2) is 24.5 Å². The van der Waals surface area contributed by atoms with E-state index in [0.717, 1.165) is 17.3 Å². The fourth-order valence-corrected chi connectivity index (χ4v) is 2.65. The second kappa shape index (κ2) is 8.16. The number of carbonyl (C=O) groups excluding carboxylic acids is 2. The SMILES string of the molecule is O=C(COc1cccc(Br)c1)O[C@@H](C(=O)NC1CC1)c1ccccc1. The Morgan fingerprint density at radius 1 is 1.12 bits per heavy atom. The van der Waals surface area contributed by atoms with Crippen LogP contribution in [0.25, 0.3) is 0 Å². The lowest BCUT2D eigenvalue weighted by atomic mass is 10.1. The molecule has 1 saturated carbocycles. The molecule has 0 heterocycles. The summed E-state index contributed by atoms with van der Waals surface area (Å²) in [6.07, 6.45) is 0.959. The molecule has 0 unspecified atom stereocenters. The van der Waals surface area contributed by atoms with Crippen molar-refractivity contribution in [3.8, 4) is 5.75 Å². The summed E-state index contributed by atoms with van der Waals surface area (Å²) >= 11 is 3.34. The number of nitrogens with one attached hydrogen (secondary N) is 1. The highest BCUT2D eigenvalue weighted by Crippen LogP contribution is 2.23. The number of amides is 1. The van der Waals surface area contributed by atoms with Gasteiger partial charge in [0.25, 0.3) is 5.91 Å². The van der Waals surface area contributed by atoms with Gasteiger partial charge in [-0.05, 0) is 31.0 Å². The smallest absolute Gasteiger partial charge is 0.345 e. The number of halogens is 1. The van der Waals surface area contributed by atoms with Gasteiger partial charge in [-0.3, -0.25) is 4.79 Å². The maximum atomic E-state index is 12.4. The summed E-state index contributed by atoms with van der Waals surface area (Å²) in [5.41, 5.74) is 0.636. The van der Waals surface area contributed by atoms with Gasteiger partial charge in [-0.1, -0.05) is 52.3 Å². The van der Waals surface area contributed by atoms with Crippen molar-refractivity contribution in [1.29, 1.82) is 0 Å². The van der Waals surface area contributed by atoms with Crippen LogP contribution in [0, 0.1) is 0 Å². The number of benzene rings is 2. The van der Waals surface area contributed by atoms with Gasteiger partial charge >= 0.3 is 5.97 Å². The molecule has 0 bridgehead atoms. The van der Waals surface area contributed by atoms with E-state index in [1.54, 1.807) is 42.5 Å². The highest BCUT2D eigenvalue weighted by molar-refractivity contribution is 9.10. The maximum absolute atomic E-state index is 12.4. The van der Waals surface area contributed by atoms with Crippen LogP contribution >= 0.6 is 15.9 Å². The Hall–Kier alpha value is -2.34. The molecule has 1 atom stereocenters. The van der Waals surface area contributed by atoms with E-state index in [4.69, 9.17) is 9.47 Å². The van der Waals surface area contributed by atoms with Gasteiger partial charge in [-0.15, -0.1) is 0 Å². The lowest BCUT2D eigenvalue weighted by Crippen LogP contribution is -2.34. The summed E-state index contributed by atoms with van der Waals surface area (Å²) in [5, 5.41) is 2.88. The van der Waals surface area contributed by atoms with Gasteiger partial charge in [0.1, 0.15) is 5.75 Å². The molecular formula is C19H18BrNO4. The van der Waals surface area contributed by atoms with E-state index in [-0.39, 0.29) is 18.6 Å².